The van der Waals surface area contributed by atoms with E-state index in [1.807, 2.05) is 31.4 Å². The molecule has 2 aromatic heterocycles. The van der Waals surface area contributed by atoms with Gasteiger partial charge in [0, 0.05) is 40.6 Å². The Morgan fingerprint density at radius 2 is 1.83 bits per heavy atom. The molecule has 0 amide bonds. The maximum absolute atomic E-state index is 5.29. The first kappa shape index (κ1) is 13.6. The maximum atomic E-state index is 5.29. The van der Waals surface area contributed by atoms with Gasteiger partial charge in [0.05, 0.1) is 18.5 Å². The van der Waals surface area contributed by atoms with Gasteiger partial charge in [0.25, 0.3) is 0 Å². The van der Waals surface area contributed by atoms with Crippen molar-refractivity contribution in [2.24, 2.45) is 4.99 Å². The molecule has 0 radical (unpaired) electrons. The molecule has 0 saturated heterocycles. The molecule has 114 valence electrons. The first-order valence-corrected chi connectivity index (χ1v) is 7.50. The van der Waals surface area contributed by atoms with Crippen molar-refractivity contribution in [1.82, 2.24) is 9.97 Å². The number of H-pyrrole nitrogens is 2. The molecule has 2 heterocycles. The highest BCUT2D eigenvalue weighted by Gasteiger charge is 2.11. The second-order valence-corrected chi connectivity index (χ2v) is 5.49. The summed E-state index contributed by atoms with van der Waals surface area (Å²) in [6.45, 7) is 0. The van der Waals surface area contributed by atoms with Crippen molar-refractivity contribution in [2.75, 3.05) is 14.2 Å². The Balaban J connectivity index is 1.82. The van der Waals surface area contributed by atoms with Crippen LogP contribution in [0, 0.1) is 0 Å². The smallest absolute Gasteiger partial charge is 0.119 e. The average molecular weight is 303 g/mol. The molecule has 4 nitrogen and oxygen atoms in total. The van der Waals surface area contributed by atoms with Gasteiger partial charge in [-0.3, -0.25) is 4.99 Å². The molecule has 0 fully saturated rings. The number of rotatable bonds is 3. The quantitative estimate of drug-likeness (QED) is 0.549. The van der Waals surface area contributed by atoms with Crippen LogP contribution in [0.1, 0.15) is 11.3 Å². The van der Waals surface area contributed by atoms with Crippen LogP contribution in [0.4, 0.5) is 0 Å². The monoisotopic (exact) mass is 303 g/mol. The van der Waals surface area contributed by atoms with Crippen LogP contribution in [-0.4, -0.2) is 29.8 Å². The van der Waals surface area contributed by atoms with Crippen LogP contribution in [0.3, 0.4) is 0 Å². The molecule has 0 spiro atoms. The minimum Gasteiger partial charge on any atom is -0.497 e. The summed E-state index contributed by atoms with van der Waals surface area (Å²) in [5, 5.41) is 2.30. The normalized spacial score (nSPS) is 12.2. The van der Waals surface area contributed by atoms with E-state index in [9.17, 15) is 0 Å². The van der Waals surface area contributed by atoms with Crippen LogP contribution in [0.2, 0.25) is 0 Å². The van der Waals surface area contributed by atoms with Gasteiger partial charge < -0.3 is 14.7 Å². The third-order valence-corrected chi connectivity index (χ3v) is 4.13. The molecule has 4 heteroatoms. The van der Waals surface area contributed by atoms with E-state index in [4.69, 9.17) is 4.74 Å². The van der Waals surface area contributed by atoms with Gasteiger partial charge in [0.1, 0.15) is 5.75 Å². The van der Waals surface area contributed by atoms with Crippen molar-refractivity contribution in [3.63, 3.8) is 0 Å². The summed E-state index contributed by atoms with van der Waals surface area (Å²) < 4.78 is 5.29. The van der Waals surface area contributed by atoms with Gasteiger partial charge in [-0.15, -0.1) is 0 Å². The first-order valence-electron chi connectivity index (χ1n) is 7.50. The topological polar surface area (TPSA) is 53.2 Å². The van der Waals surface area contributed by atoms with E-state index >= 15 is 0 Å². The van der Waals surface area contributed by atoms with Gasteiger partial charge >= 0.3 is 0 Å². The molecule has 0 unspecified atom stereocenters. The van der Waals surface area contributed by atoms with E-state index in [1.165, 1.54) is 5.39 Å². The molecule has 4 rings (SSSR count). The Labute approximate surface area is 133 Å². The fourth-order valence-corrected chi connectivity index (χ4v) is 2.97. The SMILES string of the molecule is CN=C(c1ccc2[nH]ccc2c1)c1cc2cc(OC)ccc2[nH]1. The molecule has 0 aliphatic rings. The van der Waals surface area contributed by atoms with Crippen molar-refractivity contribution in [1.29, 1.82) is 0 Å². The fourth-order valence-electron chi connectivity index (χ4n) is 2.97. The number of nitrogens with one attached hydrogen (secondary N) is 2. The summed E-state index contributed by atoms with van der Waals surface area (Å²) in [6, 6.07) is 16.5. The van der Waals surface area contributed by atoms with Gasteiger partial charge in [0.15, 0.2) is 0 Å². The molecule has 4 aromatic rings. The van der Waals surface area contributed by atoms with E-state index in [1.54, 1.807) is 7.11 Å². The number of aromatic nitrogens is 2. The van der Waals surface area contributed by atoms with E-state index in [0.717, 1.165) is 39.1 Å². The number of hydrogen-bond donors (Lipinski definition) is 2. The third-order valence-electron chi connectivity index (χ3n) is 4.13. The van der Waals surface area contributed by atoms with Crippen LogP contribution >= 0.6 is 0 Å². The summed E-state index contributed by atoms with van der Waals surface area (Å²) in [6.07, 6.45) is 1.95. The van der Waals surface area contributed by atoms with E-state index in [-0.39, 0.29) is 0 Å². The second-order valence-electron chi connectivity index (χ2n) is 5.49. The third kappa shape index (κ3) is 2.28. The van der Waals surface area contributed by atoms with Crippen LogP contribution in [0.15, 0.2) is 59.7 Å². The molecule has 0 saturated carbocycles. The number of nitrogens with zero attached hydrogens (tertiary/aromatic N) is 1. The fraction of sp³-hybridized carbons (Fsp3) is 0.105. The molecular weight excluding hydrogens is 286 g/mol. The summed E-state index contributed by atoms with van der Waals surface area (Å²) in [5.41, 5.74) is 5.25. The molecule has 0 bridgehead atoms. The Morgan fingerprint density at radius 1 is 0.957 bits per heavy atom. The zero-order chi connectivity index (χ0) is 15.8. The highest BCUT2D eigenvalue weighted by Crippen LogP contribution is 2.24. The molecule has 0 atom stereocenters. The van der Waals surface area contributed by atoms with Gasteiger partial charge in [-0.2, -0.15) is 0 Å². The minimum absolute atomic E-state index is 0.853. The molecule has 0 aliphatic heterocycles. The predicted molar refractivity (Wildman–Crippen MR) is 94.7 cm³/mol. The van der Waals surface area contributed by atoms with Crippen molar-refractivity contribution < 1.29 is 4.74 Å². The lowest BCUT2D eigenvalue weighted by Gasteiger charge is -2.04. The molecular formula is C19H17N3O. The number of aliphatic imine (C=N–C) groups is 1. The van der Waals surface area contributed by atoms with Gasteiger partial charge in [-0.25, -0.2) is 0 Å². The van der Waals surface area contributed by atoms with Gasteiger partial charge in [-0.05, 0) is 42.5 Å². The van der Waals surface area contributed by atoms with Gasteiger partial charge in [0.2, 0.25) is 0 Å². The van der Waals surface area contributed by atoms with E-state index in [0.29, 0.717) is 0 Å². The summed E-state index contributed by atoms with van der Waals surface area (Å²) >= 11 is 0. The maximum Gasteiger partial charge on any atom is 0.119 e. The average Bonchev–Trinajstić information content (AvgIpc) is 3.20. The second kappa shape index (κ2) is 5.32. The van der Waals surface area contributed by atoms with Crippen molar-refractivity contribution >= 4 is 27.5 Å². The molecule has 0 aliphatic carbocycles. The highest BCUT2D eigenvalue weighted by atomic mass is 16.5. The number of aromatic amines is 2. The Hall–Kier alpha value is -3.01. The zero-order valence-corrected chi connectivity index (χ0v) is 13.1. The van der Waals surface area contributed by atoms with Crippen LogP contribution in [-0.2, 0) is 0 Å². The summed E-state index contributed by atoms with van der Waals surface area (Å²) in [4.78, 5) is 11.2. The van der Waals surface area contributed by atoms with E-state index in [2.05, 4.69) is 45.3 Å². The lowest BCUT2D eigenvalue weighted by Crippen LogP contribution is -2.03. The Kier molecular flexibility index (Phi) is 3.15. The number of fused-ring (bicyclic) bond motifs is 2. The Bertz CT molecular complexity index is 1020. The van der Waals surface area contributed by atoms with Gasteiger partial charge in [-0.1, -0.05) is 6.07 Å². The van der Waals surface area contributed by atoms with E-state index < -0.39 is 0 Å². The van der Waals surface area contributed by atoms with Crippen LogP contribution in [0.5, 0.6) is 5.75 Å². The summed E-state index contributed by atoms with van der Waals surface area (Å²) in [5.74, 6) is 0.853. The Morgan fingerprint density at radius 3 is 2.65 bits per heavy atom. The van der Waals surface area contributed by atoms with Crippen molar-refractivity contribution in [3.8, 4) is 5.75 Å². The number of hydrogen-bond acceptors (Lipinski definition) is 2. The van der Waals surface area contributed by atoms with Crippen LogP contribution < -0.4 is 4.74 Å². The number of benzene rings is 2. The highest BCUT2D eigenvalue weighted by molar-refractivity contribution is 6.14. The summed E-state index contributed by atoms with van der Waals surface area (Å²) in [7, 11) is 3.50. The number of methoxy groups -OCH3 is 1. The molecule has 2 aromatic carbocycles. The lowest BCUT2D eigenvalue weighted by molar-refractivity contribution is 0.415. The number of ether oxygens (including phenoxy) is 1. The van der Waals surface area contributed by atoms with Crippen molar-refractivity contribution in [2.45, 2.75) is 0 Å². The van der Waals surface area contributed by atoms with Crippen LogP contribution in [0.25, 0.3) is 21.8 Å². The minimum atomic E-state index is 0.853. The zero-order valence-electron chi connectivity index (χ0n) is 13.1. The lowest BCUT2D eigenvalue weighted by atomic mass is 10.1. The molecule has 23 heavy (non-hydrogen) atoms. The van der Waals surface area contributed by atoms with Crippen molar-refractivity contribution in [3.05, 3.63) is 66.0 Å². The largest absolute Gasteiger partial charge is 0.497 e. The predicted octanol–water partition coefficient (Wildman–Crippen LogP) is 4.13. The standard InChI is InChI=1S/C19H17N3O/c1-20-19(13-3-5-16-12(9-13)7-8-21-16)18-11-14-10-15(23-2)4-6-17(14)22-18/h3-11,21-22H,1-2H3. The molecule has 2 N–H and O–H groups in total. The first-order chi connectivity index (χ1) is 11.3.